The monoisotopic (exact) mass is 397 g/mol. The number of hydrogen-bond donors (Lipinski definition) is 1. The van der Waals surface area contributed by atoms with Crippen molar-refractivity contribution in [2.75, 3.05) is 6.54 Å². The maximum absolute atomic E-state index is 12.7. The standard InChI is InChI=1S/C21H20ClN3O3/c1-13(19-9-14-8-16(22)5-6-18(14)28-19)24-21(27)15-10-20(26)25(11-15)12-17-4-2-3-7-23-17/h2-9,13,15H,10-12H2,1H3,(H,24,27)/t13-,15+/m1/s1. The molecule has 1 aromatic carbocycles. The van der Waals surface area contributed by atoms with Gasteiger partial charge in [0.25, 0.3) is 0 Å². The first-order valence-electron chi connectivity index (χ1n) is 9.16. The van der Waals surface area contributed by atoms with Crippen LogP contribution in [-0.4, -0.2) is 28.2 Å². The molecule has 3 heterocycles. The van der Waals surface area contributed by atoms with Crippen molar-refractivity contribution in [3.63, 3.8) is 0 Å². The smallest absolute Gasteiger partial charge is 0.226 e. The Bertz CT molecular complexity index is 1020. The summed E-state index contributed by atoms with van der Waals surface area (Å²) in [4.78, 5) is 30.9. The fraction of sp³-hybridized carbons (Fsp3) is 0.286. The van der Waals surface area contributed by atoms with E-state index in [1.165, 1.54) is 0 Å². The number of carbonyl (C=O) groups excluding carboxylic acids is 2. The lowest BCUT2D eigenvalue weighted by atomic mass is 10.1. The Morgan fingerprint density at radius 1 is 1.36 bits per heavy atom. The summed E-state index contributed by atoms with van der Waals surface area (Å²) >= 11 is 6.01. The maximum Gasteiger partial charge on any atom is 0.226 e. The van der Waals surface area contributed by atoms with Crippen molar-refractivity contribution in [1.29, 1.82) is 0 Å². The Labute approximate surface area is 167 Å². The minimum atomic E-state index is -0.377. The summed E-state index contributed by atoms with van der Waals surface area (Å²) in [6, 6.07) is 12.5. The molecule has 0 saturated carbocycles. The lowest BCUT2D eigenvalue weighted by Gasteiger charge is -2.17. The maximum atomic E-state index is 12.7. The van der Waals surface area contributed by atoms with Crippen LogP contribution in [0, 0.1) is 5.92 Å². The van der Waals surface area contributed by atoms with Gasteiger partial charge in [-0.2, -0.15) is 0 Å². The van der Waals surface area contributed by atoms with Crippen LogP contribution in [0.1, 0.15) is 30.8 Å². The van der Waals surface area contributed by atoms with Crippen molar-refractivity contribution < 1.29 is 14.0 Å². The number of aromatic nitrogens is 1. The van der Waals surface area contributed by atoms with E-state index in [9.17, 15) is 9.59 Å². The zero-order valence-electron chi connectivity index (χ0n) is 15.4. The van der Waals surface area contributed by atoms with Gasteiger partial charge < -0.3 is 14.6 Å². The number of benzene rings is 1. The SMILES string of the molecule is C[C@@H](NC(=O)[C@H]1CC(=O)N(Cc2ccccn2)C1)c1cc2cc(Cl)ccc2o1. The number of halogens is 1. The number of fused-ring (bicyclic) bond motifs is 1. The summed E-state index contributed by atoms with van der Waals surface area (Å²) in [5.41, 5.74) is 1.53. The molecular weight excluding hydrogens is 378 g/mol. The van der Waals surface area contributed by atoms with Gasteiger partial charge in [-0.25, -0.2) is 0 Å². The summed E-state index contributed by atoms with van der Waals surface area (Å²) < 4.78 is 5.81. The summed E-state index contributed by atoms with van der Waals surface area (Å²) in [5, 5.41) is 4.48. The molecule has 0 radical (unpaired) electrons. The number of pyridine rings is 1. The molecule has 4 rings (SSSR count). The highest BCUT2D eigenvalue weighted by Crippen LogP contribution is 2.27. The van der Waals surface area contributed by atoms with E-state index < -0.39 is 0 Å². The third kappa shape index (κ3) is 3.87. The molecule has 0 aliphatic carbocycles. The molecule has 1 fully saturated rings. The third-order valence-corrected chi connectivity index (χ3v) is 5.18. The van der Waals surface area contributed by atoms with Crippen molar-refractivity contribution in [2.45, 2.75) is 25.9 Å². The van der Waals surface area contributed by atoms with Crippen molar-refractivity contribution >= 4 is 34.4 Å². The van der Waals surface area contributed by atoms with Gasteiger partial charge in [-0.3, -0.25) is 14.6 Å². The van der Waals surface area contributed by atoms with E-state index in [0.29, 0.717) is 23.9 Å². The molecular formula is C21H20ClN3O3. The van der Waals surface area contributed by atoms with Crippen molar-refractivity contribution in [3.05, 3.63) is 65.1 Å². The van der Waals surface area contributed by atoms with Gasteiger partial charge in [0, 0.05) is 29.6 Å². The summed E-state index contributed by atoms with van der Waals surface area (Å²) in [5.74, 6) is 0.0949. The minimum Gasteiger partial charge on any atom is -0.459 e. The summed E-state index contributed by atoms with van der Waals surface area (Å²) in [7, 11) is 0. The van der Waals surface area contributed by atoms with Crippen LogP contribution in [0.4, 0.5) is 0 Å². The number of nitrogens with one attached hydrogen (secondary N) is 1. The zero-order valence-corrected chi connectivity index (χ0v) is 16.1. The van der Waals surface area contributed by atoms with Gasteiger partial charge in [0.05, 0.1) is 24.2 Å². The summed E-state index contributed by atoms with van der Waals surface area (Å²) in [6.45, 7) is 2.67. The molecule has 2 atom stereocenters. The van der Waals surface area contributed by atoms with Gasteiger partial charge in [-0.05, 0) is 43.3 Å². The minimum absolute atomic E-state index is 0.0307. The van der Waals surface area contributed by atoms with Crippen molar-refractivity contribution in [3.8, 4) is 0 Å². The van der Waals surface area contributed by atoms with E-state index in [-0.39, 0.29) is 30.2 Å². The van der Waals surface area contributed by atoms with Crippen LogP contribution in [0.25, 0.3) is 11.0 Å². The van der Waals surface area contributed by atoms with Gasteiger partial charge in [0.15, 0.2) is 0 Å². The first-order valence-corrected chi connectivity index (χ1v) is 9.54. The molecule has 28 heavy (non-hydrogen) atoms. The normalized spacial score (nSPS) is 17.9. The Hall–Kier alpha value is -2.86. The molecule has 6 nitrogen and oxygen atoms in total. The van der Waals surface area contributed by atoms with Gasteiger partial charge in [-0.1, -0.05) is 17.7 Å². The topological polar surface area (TPSA) is 75.4 Å². The number of nitrogens with zero attached hydrogens (tertiary/aromatic N) is 2. The third-order valence-electron chi connectivity index (χ3n) is 4.95. The number of likely N-dealkylation sites (tertiary alicyclic amines) is 1. The second-order valence-corrected chi connectivity index (χ2v) is 7.49. The first kappa shape index (κ1) is 18.5. The number of furan rings is 1. The second kappa shape index (κ2) is 7.64. The zero-order chi connectivity index (χ0) is 19.7. The van der Waals surface area contributed by atoms with Crippen LogP contribution in [0.2, 0.25) is 5.02 Å². The molecule has 0 unspecified atom stereocenters. The highest BCUT2D eigenvalue weighted by molar-refractivity contribution is 6.31. The molecule has 2 aromatic heterocycles. The first-order chi connectivity index (χ1) is 13.5. The van der Waals surface area contributed by atoms with Crippen LogP contribution in [-0.2, 0) is 16.1 Å². The van der Waals surface area contributed by atoms with Crippen LogP contribution >= 0.6 is 11.6 Å². The van der Waals surface area contributed by atoms with E-state index in [2.05, 4.69) is 10.3 Å². The van der Waals surface area contributed by atoms with Gasteiger partial charge in [-0.15, -0.1) is 0 Å². The second-order valence-electron chi connectivity index (χ2n) is 7.06. The number of amides is 2. The predicted octanol–water partition coefficient (Wildman–Crippen LogP) is 3.71. The Morgan fingerprint density at radius 3 is 3.00 bits per heavy atom. The number of hydrogen-bond acceptors (Lipinski definition) is 4. The highest BCUT2D eigenvalue weighted by atomic mass is 35.5. The number of rotatable bonds is 5. The van der Waals surface area contributed by atoms with Crippen molar-refractivity contribution in [1.82, 2.24) is 15.2 Å². The van der Waals surface area contributed by atoms with Crippen LogP contribution in [0.5, 0.6) is 0 Å². The van der Waals surface area contributed by atoms with Crippen molar-refractivity contribution in [2.24, 2.45) is 5.92 Å². The molecule has 1 aliphatic heterocycles. The quantitative estimate of drug-likeness (QED) is 0.712. The molecule has 1 saturated heterocycles. The molecule has 0 bridgehead atoms. The Morgan fingerprint density at radius 2 is 2.21 bits per heavy atom. The van der Waals surface area contributed by atoms with Gasteiger partial charge in [0.1, 0.15) is 11.3 Å². The molecule has 1 aliphatic rings. The lowest BCUT2D eigenvalue weighted by Crippen LogP contribution is -2.34. The van der Waals surface area contributed by atoms with Crippen LogP contribution < -0.4 is 5.32 Å². The molecule has 7 heteroatoms. The fourth-order valence-electron chi connectivity index (χ4n) is 3.44. The summed E-state index contributed by atoms with van der Waals surface area (Å²) in [6.07, 6.45) is 1.91. The van der Waals surface area contributed by atoms with Gasteiger partial charge >= 0.3 is 0 Å². The van der Waals surface area contributed by atoms with Crippen LogP contribution in [0.15, 0.2) is 53.1 Å². The average Bonchev–Trinajstić information content (AvgIpc) is 3.26. The molecule has 3 aromatic rings. The van der Waals surface area contributed by atoms with Gasteiger partial charge in [0.2, 0.25) is 11.8 Å². The predicted molar refractivity (Wildman–Crippen MR) is 106 cm³/mol. The number of carbonyl (C=O) groups is 2. The Kier molecular flexibility index (Phi) is 5.05. The average molecular weight is 398 g/mol. The molecule has 144 valence electrons. The van der Waals surface area contributed by atoms with Crippen LogP contribution in [0.3, 0.4) is 0 Å². The molecule has 0 spiro atoms. The Balaban J connectivity index is 1.39. The molecule has 2 amide bonds. The van der Waals surface area contributed by atoms with E-state index in [1.807, 2.05) is 37.3 Å². The lowest BCUT2D eigenvalue weighted by molar-refractivity contribution is -0.129. The fourth-order valence-corrected chi connectivity index (χ4v) is 3.62. The van der Waals surface area contributed by atoms with E-state index in [4.69, 9.17) is 16.0 Å². The molecule has 1 N–H and O–H groups in total. The van der Waals surface area contributed by atoms with E-state index >= 15 is 0 Å². The van der Waals surface area contributed by atoms with E-state index in [1.54, 1.807) is 23.2 Å². The largest absolute Gasteiger partial charge is 0.459 e. The highest BCUT2D eigenvalue weighted by Gasteiger charge is 2.35. The van der Waals surface area contributed by atoms with E-state index in [0.717, 1.165) is 16.7 Å².